The molecular weight excluding hydrogens is 821 g/mol. The van der Waals surface area contributed by atoms with Gasteiger partial charge in [-0.2, -0.15) is 0 Å². The first kappa shape index (κ1) is 37.7. The minimum atomic E-state index is -1.55. The number of anilines is 2. The SMILES string of the molecule is CCn1cc(C(=O)[O-])c(=O)c2cc(F)c(N3CCN(C)CC3)cc21.CCn1cc(C(=O)[O-])c(=O)c2cc(F)c(N3CCN(C)CC3)cc21.[Pt+2]. The van der Waals surface area contributed by atoms with Crippen LogP contribution in [0.25, 0.3) is 21.8 Å². The van der Waals surface area contributed by atoms with Crippen LogP contribution in [0.5, 0.6) is 0 Å². The quantitative estimate of drug-likeness (QED) is 0.271. The zero-order valence-corrected chi connectivity index (χ0v) is 30.0. The predicted octanol–water partition coefficient (Wildman–Crippen LogP) is 0.549. The molecule has 4 heterocycles. The molecule has 2 aromatic carbocycles. The van der Waals surface area contributed by atoms with Crippen molar-refractivity contribution < 1.29 is 49.6 Å². The zero-order valence-electron chi connectivity index (χ0n) is 27.7. The van der Waals surface area contributed by atoms with Crippen molar-refractivity contribution in [2.75, 3.05) is 76.3 Å². The van der Waals surface area contributed by atoms with Crippen LogP contribution in [-0.4, -0.2) is 97.3 Å². The van der Waals surface area contributed by atoms with Gasteiger partial charge in [-0.05, 0) is 52.2 Å². The number of aryl methyl sites for hydroxylation is 2. The van der Waals surface area contributed by atoms with Gasteiger partial charge in [0.05, 0.1) is 45.5 Å². The van der Waals surface area contributed by atoms with E-state index in [1.54, 1.807) is 21.3 Å². The predicted molar refractivity (Wildman–Crippen MR) is 176 cm³/mol. The molecule has 2 saturated heterocycles. The van der Waals surface area contributed by atoms with E-state index in [-0.39, 0.29) is 31.8 Å². The van der Waals surface area contributed by atoms with E-state index in [2.05, 4.69) is 9.80 Å². The van der Waals surface area contributed by atoms with Gasteiger partial charge in [-0.25, -0.2) is 8.78 Å². The van der Waals surface area contributed by atoms with Gasteiger partial charge in [0.2, 0.25) is 0 Å². The van der Waals surface area contributed by atoms with Crippen LogP contribution in [0.2, 0.25) is 0 Å². The normalized spacial score (nSPS) is 15.6. The number of carbonyl (C=O) groups is 2. The fourth-order valence-electron chi connectivity index (χ4n) is 6.19. The Kier molecular flexibility index (Phi) is 12.0. The Morgan fingerprint density at radius 3 is 1.24 bits per heavy atom. The van der Waals surface area contributed by atoms with Gasteiger partial charge in [-0.15, -0.1) is 0 Å². The van der Waals surface area contributed by atoms with Crippen LogP contribution in [-0.2, 0) is 34.2 Å². The minimum Gasteiger partial charge on any atom is -0.545 e. The second-order valence-corrected chi connectivity index (χ2v) is 12.1. The van der Waals surface area contributed by atoms with Gasteiger partial charge in [0.15, 0.2) is 10.9 Å². The van der Waals surface area contributed by atoms with Crippen molar-refractivity contribution in [3.8, 4) is 0 Å². The van der Waals surface area contributed by atoms with E-state index < -0.39 is 45.6 Å². The number of hydrogen-bond acceptors (Lipinski definition) is 10. The number of rotatable bonds is 6. The smallest absolute Gasteiger partial charge is 0.545 e. The number of nitrogens with zero attached hydrogens (tertiary/aromatic N) is 6. The average molecular weight is 860 g/mol. The van der Waals surface area contributed by atoms with E-state index in [1.165, 1.54) is 12.4 Å². The van der Waals surface area contributed by atoms with E-state index in [0.717, 1.165) is 38.3 Å². The van der Waals surface area contributed by atoms with E-state index in [1.807, 2.05) is 37.7 Å². The maximum Gasteiger partial charge on any atom is 2.00 e. The Balaban J connectivity index is 0.000000216. The zero-order chi connectivity index (χ0) is 34.9. The summed E-state index contributed by atoms with van der Waals surface area (Å²) in [5, 5.41) is 22.4. The molecule has 4 aromatic rings. The number of hydrogen-bond donors (Lipinski definition) is 0. The number of fused-ring (bicyclic) bond motifs is 2. The van der Waals surface area contributed by atoms with E-state index >= 15 is 0 Å². The Bertz CT molecular complexity index is 1860. The summed E-state index contributed by atoms with van der Waals surface area (Å²) in [6, 6.07) is 5.56. The molecule has 264 valence electrons. The molecule has 12 nitrogen and oxygen atoms in total. The molecular formula is C34H38F2N6O6Pt. The summed E-state index contributed by atoms with van der Waals surface area (Å²) in [5.74, 6) is -4.12. The number of likely N-dealkylation sites (N-methyl/N-ethyl adjacent to an activating group) is 2. The summed E-state index contributed by atoms with van der Waals surface area (Å²) in [7, 11) is 4.04. The summed E-state index contributed by atoms with van der Waals surface area (Å²) < 4.78 is 32.4. The van der Waals surface area contributed by atoms with Gasteiger partial charge >= 0.3 is 21.1 Å². The molecule has 2 aromatic heterocycles. The number of halogens is 2. The van der Waals surface area contributed by atoms with Crippen LogP contribution in [0.4, 0.5) is 20.2 Å². The molecule has 0 radical (unpaired) electrons. The van der Waals surface area contributed by atoms with Crippen LogP contribution in [0, 0.1) is 11.6 Å². The van der Waals surface area contributed by atoms with Crippen molar-refractivity contribution in [2.45, 2.75) is 26.9 Å². The van der Waals surface area contributed by atoms with Gasteiger partial charge < -0.3 is 48.5 Å². The molecule has 2 fully saturated rings. The second-order valence-electron chi connectivity index (χ2n) is 12.1. The van der Waals surface area contributed by atoms with Crippen molar-refractivity contribution in [3.05, 3.63) is 79.9 Å². The number of aromatic nitrogens is 2. The van der Waals surface area contributed by atoms with Crippen LogP contribution in [0.1, 0.15) is 34.6 Å². The van der Waals surface area contributed by atoms with Crippen molar-refractivity contribution >= 4 is 45.1 Å². The monoisotopic (exact) mass is 859 g/mol. The molecule has 2 aliphatic rings. The summed E-state index contributed by atoms with van der Waals surface area (Å²) in [5.41, 5.74) is -0.369. The fourth-order valence-corrected chi connectivity index (χ4v) is 6.19. The Hall–Kier alpha value is -4.13. The maximum atomic E-state index is 14.6. The average Bonchev–Trinajstić information content (AvgIpc) is 3.06. The van der Waals surface area contributed by atoms with Gasteiger partial charge in [0.1, 0.15) is 11.6 Å². The fraction of sp³-hybridized carbons (Fsp3) is 0.412. The van der Waals surface area contributed by atoms with Gasteiger partial charge in [0.25, 0.3) is 0 Å². The first-order chi connectivity index (χ1) is 22.8. The summed E-state index contributed by atoms with van der Waals surface area (Å²) >= 11 is 0. The third kappa shape index (κ3) is 7.71. The molecule has 0 bridgehead atoms. The topological polar surface area (TPSA) is 137 Å². The third-order valence-electron chi connectivity index (χ3n) is 9.11. The van der Waals surface area contributed by atoms with Crippen LogP contribution in [0.15, 0.2) is 46.2 Å². The summed E-state index contributed by atoms with van der Waals surface area (Å²) in [6.07, 6.45) is 2.54. The van der Waals surface area contributed by atoms with E-state index in [9.17, 15) is 38.2 Å². The van der Waals surface area contributed by atoms with Gasteiger partial charge in [-0.3, -0.25) is 9.59 Å². The molecule has 0 unspecified atom stereocenters. The molecule has 0 N–H and O–H groups in total. The molecule has 0 amide bonds. The standard InChI is InChI=1S/2C17H20FN3O3.Pt/c2*1-3-20-10-12(17(23)24)16(22)11-8-13(18)15(9-14(11)20)21-6-4-19(2)5-7-21;/h2*8-10H,3-7H2,1-2H3,(H,23,24);/q;;+2/p-2. The molecule has 0 aliphatic carbocycles. The second kappa shape index (κ2) is 15.6. The van der Waals surface area contributed by atoms with E-state index in [0.29, 0.717) is 61.7 Å². The largest absolute Gasteiger partial charge is 2.00 e. The number of piperazine rings is 2. The van der Waals surface area contributed by atoms with Crippen molar-refractivity contribution in [1.82, 2.24) is 18.9 Å². The van der Waals surface area contributed by atoms with Crippen LogP contribution < -0.4 is 30.9 Å². The molecule has 49 heavy (non-hydrogen) atoms. The van der Waals surface area contributed by atoms with Crippen LogP contribution in [0.3, 0.4) is 0 Å². The Morgan fingerprint density at radius 1 is 0.633 bits per heavy atom. The minimum absolute atomic E-state index is 0. The number of aromatic carboxylic acids is 2. The molecule has 0 atom stereocenters. The third-order valence-corrected chi connectivity index (χ3v) is 9.11. The molecule has 6 rings (SSSR count). The number of carbonyl (C=O) groups excluding carboxylic acids is 2. The molecule has 0 saturated carbocycles. The van der Waals surface area contributed by atoms with Crippen LogP contribution >= 0.6 is 0 Å². The Morgan fingerprint density at radius 2 is 0.959 bits per heavy atom. The van der Waals surface area contributed by atoms with Gasteiger partial charge in [-0.1, -0.05) is 0 Å². The molecule has 0 spiro atoms. The van der Waals surface area contributed by atoms with Gasteiger partial charge in [0, 0.05) is 88.6 Å². The number of carboxylic acids is 2. The summed E-state index contributed by atoms with van der Waals surface area (Å²) in [6.45, 7) is 10.7. The molecule has 15 heteroatoms. The van der Waals surface area contributed by atoms with Crippen molar-refractivity contribution in [2.24, 2.45) is 0 Å². The molecule has 2 aliphatic heterocycles. The van der Waals surface area contributed by atoms with Crippen molar-refractivity contribution in [3.63, 3.8) is 0 Å². The first-order valence-corrected chi connectivity index (χ1v) is 15.9. The number of pyridine rings is 2. The summed E-state index contributed by atoms with van der Waals surface area (Å²) in [4.78, 5) is 55.1. The maximum absolute atomic E-state index is 14.6. The first-order valence-electron chi connectivity index (χ1n) is 15.9. The number of benzene rings is 2. The Labute approximate surface area is 296 Å². The van der Waals surface area contributed by atoms with E-state index in [4.69, 9.17) is 0 Å². The van der Waals surface area contributed by atoms with Crippen molar-refractivity contribution in [1.29, 1.82) is 0 Å². The number of carboxylic acid groups (broad SMARTS) is 2.